The minimum atomic E-state index is -0.822. The Balaban J connectivity index is 0.00000237. The SMILES string of the molecule is CC.CO[C@H]1CC(O[C@H]2[C@H](O)C[C@H](O[C@H]3[C@@H](OC)C[C@H](C)O[C@@H]3C)O[C@@H]2C)O[C@H](C)[C@H]1O[C@H]1C[C@@H](OC)[C@H](O)C(C)O1. The largest absolute Gasteiger partial charge is 0.390 e. The van der Waals surface area contributed by atoms with Crippen LogP contribution in [0.5, 0.6) is 0 Å². The van der Waals surface area contributed by atoms with Crippen LogP contribution in [0, 0.1) is 0 Å². The number of aliphatic hydroxyl groups is 2. The molecule has 4 aliphatic rings. The molecule has 0 spiro atoms. The standard InChI is InChI=1S/C28H50O12.C2H6/c1-13-9-20(32-7)27(16(4)34-13)39-22-10-18(29)26(15(3)36-22)38-24-12-21(33-8)28(17(5)37-24)40-23-11-19(31-6)25(30)14(2)35-23;1-2/h13-30H,9-12H2,1-8H3;1-2H3/t13-,14?,15+,16+,17+,18+,19+,20-,21-,22-,23-,24?,25+,26+,27+,28+;/m0./s1. The molecule has 0 amide bonds. The molecule has 16 atom stereocenters. The van der Waals surface area contributed by atoms with Crippen molar-refractivity contribution in [3.8, 4) is 0 Å². The van der Waals surface area contributed by atoms with Crippen molar-refractivity contribution in [1.29, 1.82) is 0 Å². The first-order valence-electron chi connectivity index (χ1n) is 15.6. The van der Waals surface area contributed by atoms with Crippen molar-refractivity contribution >= 4 is 0 Å². The fourth-order valence-electron chi connectivity index (χ4n) is 6.37. The summed E-state index contributed by atoms with van der Waals surface area (Å²) in [5.41, 5.74) is 0. The zero-order valence-corrected chi connectivity index (χ0v) is 27.0. The molecule has 0 aromatic rings. The molecule has 42 heavy (non-hydrogen) atoms. The number of aliphatic hydroxyl groups excluding tert-OH is 2. The van der Waals surface area contributed by atoms with Gasteiger partial charge in [0.25, 0.3) is 0 Å². The summed E-state index contributed by atoms with van der Waals surface area (Å²) in [5.74, 6) is 0. The predicted molar refractivity (Wildman–Crippen MR) is 152 cm³/mol. The Morgan fingerprint density at radius 2 is 0.905 bits per heavy atom. The van der Waals surface area contributed by atoms with Gasteiger partial charge in [-0.1, -0.05) is 13.8 Å². The fraction of sp³-hybridized carbons (Fsp3) is 1.00. The first-order valence-corrected chi connectivity index (χ1v) is 15.6. The highest BCUT2D eigenvalue weighted by molar-refractivity contribution is 4.90. The van der Waals surface area contributed by atoms with Gasteiger partial charge in [-0.15, -0.1) is 0 Å². The summed E-state index contributed by atoms with van der Waals surface area (Å²) in [5, 5.41) is 21.3. The zero-order valence-electron chi connectivity index (χ0n) is 27.0. The highest BCUT2D eigenvalue weighted by Gasteiger charge is 2.46. The van der Waals surface area contributed by atoms with Gasteiger partial charge in [0, 0.05) is 47.0 Å². The van der Waals surface area contributed by atoms with Crippen LogP contribution >= 0.6 is 0 Å². The lowest BCUT2D eigenvalue weighted by atomic mass is 9.98. The molecule has 0 bridgehead atoms. The van der Waals surface area contributed by atoms with Crippen molar-refractivity contribution in [2.24, 2.45) is 0 Å². The molecule has 2 unspecified atom stereocenters. The first kappa shape index (κ1) is 36.0. The zero-order chi connectivity index (χ0) is 31.1. The van der Waals surface area contributed by atoms with Crippen molar-refractivity contribution in [3.05, 3.63) is 0 Å². The summed E-state index contributed by atoms with van der Waals surface area (Å²) in [6.07, 6.45) is -5.12. The summed E-state index contributed by atoms with van der Waals surface area (Å²) in [7, 11) is 4.86. The molecule has 0 aromatic carbocycles. The fourth-order valence-corrected chi connectivity index (χ4v) is 6.37. The van der Waals surface area contributed by atoms with Crippen LogP contribution in [0.1, 0.15) is 74.1 Å². The monoisotopic (exact) mass is 608 g/mol. The lowest BCUT2D eigenvalue weighted by Crippen LogP contribution is -2.57. The molecular formula is C30H56O12. The number of hydrogen-bond donors (Lipinski definition) is 2. The van der Waals surface area contributed by atoms with E-state index in [2.05, 4.69) is 0 Å². The molecule has 12 nitrogen and oxygen atoms in total. The van der Waals surface area contributed by atoms with Gasteiger partial charge in [0.2, 0.25) is 0 Å². The van der Waals surface area contributed by atoms with Gasteiger partial charge in [0.05, 0.1) is 54.9 Å². The van der Waals surface area contributed by atoms with Gasteiger partial charge in [0.15, 0.2) is 18.9 Å². The minimum Gasteiger partial charge on any atom is -0.390 e. The molecule has 0 aliphatic carbocycles. The van der Waals surface area contributed by atoms with Gasteiger partial charge in [-0.25, -0.2) is 0 Å². The Morgan fingerprint density at radius 3 is 1.43 bits per heavy atom. The number of hydrogen-bond acceptors (Lipinski definition) is 12. The summed E-state index contributed by atoms with van der Waals surface area (Å²) in [4.78, 5) is 0. The Hall–Kier alpha value is -0.480. The lowest BCUT2D eigenvalue weighted by molar-refractivity contribution is -0.341. The lowest BCUT2D eigenvalue weighted by Gasteiger charge is -2.46. The van der Waals surface area contributed by atoms with E-state index >= 15 is 0 Å². The number of methoxy groups -OCH3 is 3. The van der Waals surface area contributed by atoms with Gasteiger partial charge in [0.1, 0.15) is 24.4 Å². The summed E-state index contributed by atoms with van der Waals surface area (Å²) in [6, 6.07) is 0. The second-order valence-corrected chi connectivity index (χ2v) is 11.6. The van der Waals surface area contributed by atoms with Crippen molar-refractivity contribution < 1.29 is 57.6 Å². The average Bonchev–Trinajstić information content (AvgIpc) is 2.96. The minimum absolute atomic E-state index is 0.0853. The maximum atomic E-state index is 11.0. The van der Waals surface area contributed by atoms with Crippen LogP contribution in [0.25, 0.3) is 0 Å². The van der Waals surface area contributed by atoms with Crippen molar-refractivity contribution in [1.82, 2.24) is 0 Å². The van der Waals surface area contributed by atoms with Crippen molar-refractivity contribution in [3.63, 3.8) is 0 Å². The molecule has 12 heteroatoms. The van der Waals surface area contributed by atoms with E-state index in [4.69, 9.17) is 47.4 Å². The molecule has 0 radical (unpaired) electrons. The Morgan fingerprint density at radius 1 is 0.500 bits per heavy atom. The Labute approximate surface area is 251 Å². The van der Waals surface area contributed by atoms with Crippen LogP contribution in [-0.4, -0.2) is 130 Å². The second-order valence-electron chi connectivity index (χ2n) is 11.6. The van der Waals surface area contributed by atoms with Crippen LogP contribution in [0.4, 0.5) is 0 Å². The maximum Gasteiger partial charge on any atom is 0.161 e. The normalized spacial score (nSPS) is 48.3. The maximum absolute atomic E-state index is 11.0. The highest BCUT2D eigenvalue weighted by atomic mass is 16.7. The van der Waals surface area contributed by atoms with E-state index in [9.17, 15) is 10.2 Å². The summed E-state index contributed by atoms with van der Waals surface area (Å²) >= 11 is 0. The van der Waals surface area contributed by atoms with E-state index in [1.807, 2.05) is 41.5 Å². The third kappa shape index (κ3) is 8.82. The van der Waals surface area contributed by atoms with E-state index < -0.39 is 55.5 Å². The van der Waals surface area contributed by atoms with E-state index in [-0.39, 0.29) is 49.1 Å². The second kappa shape index (κ2) is 16.7. The topological polar surface area (TPSA) is 133 Å². The van der Waals surface area contributed by atoms with Gasteiger partial charge in [-0.2, -0.15) is 0 Å². The van der Waals surface area contributed by atoms with E-state index in [0.717, 1.165) is 6.42 Å². The molecule has 2 N–H and O–H groups in total. The molecule has 0 saturated carbocycles. The first-order chi connectivity index (χ1) is 20.0. The summed E-state index contributed by atoms with van der Waals surface area (Å²) < 4.78 is 59.8. The average molecular weight is 609 g/mol. The molecular weight excluding hydrogens is 552 g/mol. The van der Waals surface area contributed by atoms with Gasteiger partial charge >= 0.3 is 0 Å². The van der Waals surface area contributed by atoms with Crippen LogP contribution in [0.15, 0.2) is 0 Å². The third-order valence-electron chi connectivity index (χ3n) is 8.59. The van der Waals surface area contributed by atoms with Crippen LogP contribution in [-0.2, 0) is 47.4 Å². The molecule has 248 valence electrons. The molecule has 4 heterocycles. The summed E-state index contributed by atoms with van der Waals surface area (Å²) in [6.45, 7) is 13.5. The van der Waals surface area contributed by atoms with Crippen LogP contribution in [0.3, 0.4) is 0 Å². The molecule has 4 saturated heterocycles. The third-order valence-corrected chi connectivity index (χ3v) is 8.59. The molecule has 4 fully saturated rings. The quantitative estimate of drug-likeness (QED) is 0.399. The Kier molecular flexibility index (Phi) is 14.3. The predicted octanol–water partition coefficient (Wildman–Crippen LogP) is 2.54. The molecule has 4 aliphatic heterocycles. The van der Waals surface area contributed by atoms with E-state index in [0.29, 0.717) is 12.8 Å². The smallest absolute Gasteiger partial charge is 0.161 e. The molecule has 0 aromatic heterocycles. The van der Waals surface area contributed by atoms with E-state index in [1.165, 1.54) is 0 Å². The van der Waals surface area contributed by atoms with Crippen molar-refractivity contribution in [2.45, 2.75) is 172 Å². The number of ether oxygens (including phenoxy) is 10. The van der Waals surface area contributed by atoms with Gasteiger partial charge in [-0.3, -0.25) is 0 Å². The van der Waals surface area contributed by atoms with Crippen LogP contribution in [0.2, 0.25) is 0 Å². The number of rotatable bonds is 9. The van der Waals surface area contributed by atoms with Crippen molar-refractivity contribution in [2.75, 3.05) is 21.3 Å². The van der Waals surface area contributed by atoms with Crippen LogP contribution < -0.4 is 0 Å². The molecule has 4 rings (SSSR count). The van der Waals surface area contributed by atoms with E-state index in [1.54, 1.807) is 28.3 Å². The van der Waals surface area contributed by atoms with Gasteiger partial charge in [-0.05, 0) is 34.6 Å². The van der Waals surface area contributed by atoms with Gasteiger partial charge < -0.3 is 57.6 Å². The Bertz CT molecular complexity index is 763. The highest BCUT2D eigenvalue weighted by Crippen LogP contribution is 2.34.